The lowest BCUT2D eigenvalue weighted by molar-refractivity contribution is 0.0944. The van der Waals surface area contributed by atoms with Crippen LogP contribution in [-0.4, -0.2) is 32.2 Å². The zero-order chi connectivity index (χ0) is 14.4. The van der Waals surface area contributed by atoms with Gasteiger partial charge in [0, 0.05) is 30.2 Å². The maximum Gasteiger partial charge on any atom is 0.251 e. The van der Waals surface area contributed by atoms with E-state index >= 15 is 0 Å². The third kappa shape index (κ3) is 3.83. The van der Waals surface area contributed by atoms with Gasteiger partial charge in [-0.25, -0.2) is 0 Å². The van der Waals surface area contributed by atoms with Crippen LogP contribution in [0.2, 0.25) is 0 Å². The first-order chi connectivity index (χ1) is 9.70. The molecule has 1 aromatic carbocycles. The molecule has 1 heterocycles. The van der Waals surface area contributed by atoms with Gasteiger partial charge in [-0.3, -0.25) is 4.79 Å². The molecule has 1 aliphatic heterocycles. The number of amides is 1. The standard InChI is InChI=1S/C16H20N2O2/c1-12-4-5-13(3-2-7-17)9-15(12)16(19)18-10-14-6-8-20-11-14/h4-5,9,14H,6-8,10-11,17H2,1H3,(H,18,19). The van der Waals surface area contributed by atoms with Crippen LogP contribution in [0.15, 0.2) is 18.2 Å². The van der Waals surface area contributed by atoms with E-state index in [4.69, 9.17) is 10.5 Å². The monoisotopic (exact) mass is 272 g/mol. The third-order valence-electron chi connectivity index (χ3n) is 3.39. The molecule has 2 rings (SSSR count). The number of ether oxygens (including phenoxy) is 1. The molecule has 1 atom stereocenters. The fourth-order valence-corrected chi connectivity index (χ4v) is 2.17. The summed E-state index contributed by atoms with van der Waals surface area (Å²) in [5.41, 5.74) is 7.79. The number of carbonyl (C=O) groups is 1. The number of hydrogen-bond acceptors (Lipinski definition) is 3. The Bertz CT molecular complexity index is 537. The van der Waals surface area contributed by atoms with Gasteiger partial charge < -0.3 is 15.8 Å². The Hall–Kier alpha value is -1.83. The van der Waals surface area contributed by atoms with Gasteiger partial charge in [-0.15, -0.1) is 0 Å². The normalized spacial score (nSPS) is 17.4. The fraction of sp³-hybridized carbons (Fsp3) is 0.438. The Balaban J connectivity index is 2.03. The van der Waals surface area contributed by atoms with Crippen molar-refractivity contribution in [2.45, 2.75) is 13.3 Å². The number of carbonyl (C=O) groups excluding carboxylic acids is 1. The largest absolute Gasteiger partial charge is 0.381 e. The molecule has 3 N–H and O–H groups in total. The van der Waals surface area contributed by atoms with E-state index in [-0.39, 0.29) is 5.91 Å². The average Bonchev–Trinajstić information content (AvgIpc) is 2.97. The number of benzene rings is 1. The van der Waals surface area contributed by atoms with Crippen molar-refractivity contribution in [1.82, 2.24) is 5.32 Å². The van der Waals surface area contributed by atoms with Crippen molar-refractivity contribution < 1.29 is 9.53 Å². The van der Waals surface area contributed by atoms with Gasteiger partial charge in [0.15, 0.2) is 0 Å². The summed E-state index contributed by atoms with van der Waals surface area (Å²) in [5.74, 6) is 6.13. The van der Waals surface area contributed by atoms with E-state index in [1.165, 1.54) is 0 Å². The van der Waals surface area contributed by atoms with Gasteiger partial charge in [-0.1, -0.05) is 17.9 Å². The van der Waals surface area contributed by atoms with E-state index in [1.54, 1.807) is 0 Å². The second kappa shape index (κ2) is 7.09. The molecule has 0 aliphatic carbocycles. The molecule has 4 nitrogen and oxygen atoms in total. The molecule has 0 spiro atoms. The Kier molecular flexibility index (Phi) is 5.16. The predicted molar refractivity (Wildman–Crippen MR) is 78.4 cm³/mol. The van der Waals surface area contributed by atoms with Crippen LogP contribution < -0.4 is 11.1 Å². The van der Waals surface area contributed by atoms with E-state index in [2.05, 4.69) is 17.2 Å². The minimum absolute atomic E-state index is 0.0502. The van der Waals surface area contributed by atoms with E-state index in [0.717, 1.165) is 30.8 Å². The summed E-state index contributed by atoms with van der Waals surface area (Å²) >= 11 is 0. The molecule has 0 radical (unpaired) electrons. The van der Waals surface area contributed by atoms with Gasteiger partial charge in [-0.05, 0) is 31.0 Å². The van der Waals surface area contributed by atoms with Crippen molar-refractivity contribution in [2.24, 2.45) is 11.7 Å². The number of hydrogen-bond donors (Lipinski definition) is 2. The predicted octanol–water partition coefficient (Wildman–Crippen LogP) is 1.07. The molecule has 0 aromatic heterocycles. The molecule has 0 bridgehead atoms. The molecule has 1 amide bonds. The van der Waals surface area contributed by atoms with Crippen LogP contribution in [-0.2, 0) is 4.74 Å². The van der Waals surface area contributed by atoms with E-state index in [1.807, 2.05) is 25.1 Å². The summed E-state index contributed by atoms with van der Waals surface area (Å²) in [6.45, 7) is 4.44. The number of nitrogens with one attached hydrogen (secondary N) is 1. The molecule has 20 heavy (non-hydrogen) atoms. The van der Waals surface area contributed by atoms with Gasteiger partial charge in [0.1, 0.15) is 0 Å². The summed E-state index contributed by atoms with van der Waals surface area (Å²) in [4.78, 5) is 12.2. The highest BCUT2D eigenvalue weighted by Gasteiger charge is 2.17. The maximum atomic E-state index is 12.2. The summed E-state index contributed by atoms with van der Waals surface area (Å²) in [6, 6.07) is 5.63. The highest BCUT2D eigenvalue weighted by atomic mass is 16.5. The molecular weight excluding hydrogens is 252 g/mol. The second-order valence-corrected chi connectivity index (χ2v) is 4.98. The van der Waals surface area contributed by atoms with Crippen LogP contribution >= 0.6 is 0 Å². The average molecular weight is 272 g/mol. The van der Waals surface area contributed by atoms with Crippen molar-refractivity contribution in [3.63, 3.8) is 0 Å². The summed E-state index contributed by atoms with van der Waals surface area (Å²) in [6.07, 6.45) is 1.02. The van der Waals surface area contributed by atoms with Crippen molar-refractivity contribution in [3.8, 4) is 11.8 Å². The fourth-order valence-electron chi connectivity index (χ4n) is 2.17. The Morgan fingerprint density at radius 3 is 3.10 bits per heavy atom. The third-order valence-corrected chi connectivity index (χ3v) is 3.39. The first-order valence-electron chi connectivity index (χ1n) is 6.86. The van der Waals surface area contributed by atoms with Gasteiger partial charge in [-0.2, -0.15) is 0 Å². The smallest absolute Gasteiger partial charge is 0.251 e. The molecule has 106 valence electrons. The van der Waals surface area contributed by atoms with Crippen molar-refractivity contribution in [1.29, 1.82) is 0 Å². The Morgan fingerprint density at radius 1 is 1.55 bits per heavy atom. The molecule has 1 aliphatic rings. The lowest BCUT2D eigenvalue weighted by atomic mass is 10.0. The number of aryl methyl sites for hydroxylation is 1. The minimum Gasteiger partial charge on any atom is -0.381 e. The lowest BCUT2D eigenvalue weighted by Crippen LogP contribution is -2.30. The molecule has 4 heteroatoms. The first kappa shape index (κ1) is 14.6. The van der Waals surface area contributed by atoms with Crippen molar-refractivity contribution in [2.75, 3.05) is 26.3 Å². The van der Waals surface area contributed by atoms with E-state index in [9.17, 15) is 4.79 Å². The topological polar surface area (TPSA) is 64.4 Å². The number of rotatable bonds is 3. The molecule has 0 saturated carbocycles. The van der Waals surface area contributed by atoms with Gasteiger partial charge >= 0.3 is 0 Å². The zero-order valence-electron chi connectivity index (χ0n) is 11.7. The van der Waals surface area contributed by atoms with Crippen molar-refractivity contribution in [3.05, 3.63) is 34.9 Å². The van der Waals surface area contributed by atoms with Crippen LogP contribution in [0.1, 0.15) is 27.9 Å². The van der Waals surface area contributed by atoms with Gasteiger partial charge in [0.25, 0.3) is 5.91 Å². The van der Waals surface area contributed by atoms with Crippen LogP contribution in [0.5, 0.6) is 0 Å². The SMILES string of the molecule is Cc1ccc(C#CCN)cc1C(=O)NCC1CCOC1. The highest BCUT2D eigenvalue weighted by molar-refractivity contribution is 5.96. The maximum absolute atomic E-state index is 12.2. The summed E-state index contributed by atoms with van der Waals surface area (Å²) in [5, 5.41) is 2.97. The minimum atomic E-state index is -0.0502. The first-order valence-corrected chi connectivity index (χ1v) is 6.86. The van der Waals surface area contributed by atoms with Crippen LogP contribution in [0.4, 0.5) is 0 Å². The van der Waals surface area contributed by atoms with Crippen LogP contribution in [0, 0.1) is 24.7 Å². The number of nitrogens with two attached hydrogens (primary N) is 1. The van der Waals surface area contributed by atoms with Gasteiger partial charge in [0.2, 0.25) is 0 Å². The van der Waals surface area contributed by atoms with E-state index in [0.29, 0.717) is 24.6 Å². The molecule has 1 aromatic rings. The lowest BCUT2D eigenvalue weighted by Gasteiger charge is -2.11. The molecule has 1 unspecified atom stereocenters. The molecular formula is C16H20N2O2. The van der Waals surface area contributed by atoms with Crippen LogP contribution in [0.25, 0.3) is 0 Å². The highest BCUT2D eigenvalue weighted by Crippen LogP contribution is 2.13. The van der Waals surface area contributed by atoms with Gasteiger partial charge in [0.05, 0.1) is 13.2 Å². The molecule has 1 saturated heterocycles. The van der Waals surface area contributed by atoms with Crippen LogP contribution in [0.3, 0.4) is 0 Å². The quantitative estimate of drug-likeness (QED) is 0.809. The Morgan fingerprint density at radius 2 is 2.40 bits per heavy atom. The van der Waals surface area contributed by atoms with Crippen molar-refractivity contribution >= 4 is 5.91 Å². The molecule has 1 fully saturated rings. The Labute approximate surface area is 119 Å². The summed E-state index contributed by atoms with van der Waals surface area (Å²) in [7, 11) is 0. The zero-order valence-corrected chi connectivity index (χ0v) is 11.7. The second-order valence-electron chi connectivity index (χ2n) is 4.98. The van der Waals surface area contributed by atoms with E-state index < -0.39 is 0 Å². The summed E-state index contributed by atoms with van der Waals surface area (Å²) < 4.78 is 5.30.